The van der Waals surface area contributed by atoms with E-state index in [9.17, 15) is 0 Å². The first-order chi connectivity index (χ1) is 6.78. The highest BCUT2D eigenvalue weighted by Gasteiger charge is 2.55. The number of fused-ring (bicyclic) bond motifs is 1. The summed E-state index contributed by atoms with van der Waals surface area (Å²) >= 11 is 0. The number of benzene rings is 1. The smallest absolute Gasteiger partial charge is 0.143 e. The van der Waals surface area contributed by atoms with Gasteiger partial charge in [0.25, 0.3) is 0 Å². The predicted octanol–water partition coefficient (Wildman–Crippen LogP) is 1.88. The molecule has 2 heterocycles. The molecule has 0 spiro atoms. The zero-order valence-electron chi connectivity index (χ0n) is 8.36. The Bertz CT molecular complexity index is 337. The van der Waals surface area contributed by atoms with Crippen molar-refractivity contribution in [3.05, 3.63) is 35.9 Å². The van der Waals surface area contributed by atoms with Crippen molar-refractivity contribution in [1.82, 2.24) is 5.32 Å². The van der Waals surface area contributed by atoms with Gasteiger partial charge in [-0.05, 0) is 24.8 Å². The molecule has 0 bridgehead atoms. The van der Waals surface area contributed by atoms with Gasteiger partial charge in [-0.3, -0.25) is 5.32 Å². The molecule has 3 unspecified atom stereocenters. The summed E-state index contributed by atoms with van der Waals surface area (Å²) < 4.78 is 5.61. The summed E-state index contributed by atoms with van der Waals surface area (Å²) in [6, 6.07) is 10.7. The molecule has 0 radical (unpaired) electrons. The highest BCUT2D eigenvalue weighted by Crippen LogP contribution is 2.43. The van der Waals surface area contributed by atoms with Crippen molar-refractivity contribution in [2.75, 3.05) is 6.54 Å². The lowest BCUT2D eigenvalue weighted by Gasteiger charge is -2.24. The van der Waals surface area contributed by atoms with Crippen LogP contribution in [0.15, 0.2) is 30.3 Å². The molecule has 74 valence electrons. The Labute approximate surface area is 84.3 Å². The quantitative estimate of drug-likeness (QED) is 0.682. The van der Waals surface area contributed by atoms with Crippen LogP contribution in [0.25, 0.3) is 0 Å². The molecule has 1 aromatic carbocycles. The molecule has 0 amide bonds. The second kappa shape index (κ2) is 2.81. The van der Waals surface area contributed by atoms with Crippen LogP contribution in [0, 0.1) is 0 Å². The Hall–Kier alpha value is -0.860. The van der Waals surface area contributed by atoms with Gasteiger partial charge in [0.05, 0.1) is 0 Å². The number of rotatable bonds is 1. The second-order valence-electron chi connectivity index (χ2n) is 4.44. The molecule has 3 atom stereocenters. The lowest BCUT2D eigenvalue weighted by Crippen LogP contribution is -2.40. The minimum absolute atomic E-state index is 0.00524. The largest absolute Gasteiger partial charge is 0.350 e. The van der Waals surface area contributed by atoms with E-state index in [1.165, 1.54) is 5.56 Å². The first kappa shape index (κ1) is 8.45. The molecule has 0 aliphatic carbocycles. The molecule has 14 heavy (non-hydrogen) atoms. The summed E-state index contributed by atoms with van der Waals surface area (Å²) in [7, 11) is 0. The molecular formula is C12H15NO. The van der Waals surface area contributed by atoms with E-state index >= 15 is 0 Å². The lowest BCUT2D eigenvalue weighted by molar-refractivity contribution is 0.278. The Morgan fingerprint density at radius 3 is 2.86 bits per heavy atom. The maximum atomic E-state index is 5.61. The highest BCUT2D eigenvalue weighted by molar-refractivity contribution is 5.22. The SMILES string of the molecule is CC12NCC(c3ccccc3)CC1O2. The van der Waals surface area contributed by atoms with Gasteiger partial charge in [0.1, 0.15) is 11.8 Å². The predicted molar refractivity (Wildman–Crippen MR) is 55.1 cm³/mol. The average Bonchev–Trinajstić information content (AvgIpc) is 2.90. The van der Waals surface area contributed by atoms with Crippen molar-refractivity contribution in [2.24, 2.45) is 0 Å². The van der Waals surface area contributed by atoms with Crippen LogP contribution in [0.2, 0.25) is 0 Å². The normalized spacial score (nSPS) is 40.4. The van der Waals surface area contributed by atoms with E-state index in [1.807, 2.05) is 0 Å². The number of hydrogen-bond donors (Lipinski definition) is 1. The zero-order chi connectivity index (χ0) is 9.60. The van der Waals surface area contributed by atoms with Gasteiger partial charge in [0.2, 0.25) is 0 Å². The van der Waals surface area contributed by atoms with Gasteiger partial charge in [-0.2, -0.15) is 0 Å². The maximum absolute atomic E-state index is 5.61. The fraction of sp³-hybridized carbons (Fsp3) is 0.500. The summed E-state index contributed by atoms with van der Waals surface area (Å²) in [5.74, 6) is 0.622. The molecule has 2 nitrogen and oxygen atoms in total. The molecule has 2 aliphatic rings. The topological polar surface area (TPSA) is 24.6 Å². The van der Waals surface area contributed by atoms with Gasteiger partial charge in [0, 0.05) is 6.54 Å². The van der Waals surface area contributed by atoms with Crippen molar-refractivity contribution in [3.63, 3.8) is 0 Å². The minimum Gasteiger partial charge on any atom is -0.350 e. The van der Waals surface area contributed by atoms with Crippen LogP contribution < -0.4 is 5.32 Å². The van der Waals surface area contributed by atoms with Gasteiger partial charge in [0.15, 0.2) is 0 Å². The second-order valence-corrected chi connectivity index (χ2v) is 4.44. The van der Waals surface area contributed by atoms with Gasteiger partial charge in [-0.1, -0.05) is 30.3 Å². The molecule has 3 rings (SSSR count). The van der Waals surface area contributed by atoms with E-state index in [0.29, 0.717) is 12.0 Å². The molecule has 0 saturated carbocycles. The van der Waals surface area contributed by atoms with E-state index in [4.69, 9.17) is 4.74 Å². The number of epoxide rings is 1. The van der Waals surface area contributed by atoms with Crippen molar-refractivity contribution in [3.8, 4) is 0 Å². The Morgan fingerprint density at radius 1 is 1.36 bits per heavy atom. The fourth-order valence-electron chi connectivity index (χ4n) is 2.34. The number of hydrogen-bond acceptors (Lipinski definition) is 2. The van der Waals surface area contributed by atoms with E-state index < -0.39 is 0 Å². The molecule has 1 N–H and O–H groups in total. The van der Waals surface area contributed by atoms with Crippen molar-refractivity contribution < 1.29 is 4.74 Å². The van der Waals surface area contributed by atoms with E-state index in [-0.39, 0.29) is 5.72 Å². The number of nitrogens with one attached hydrogen (secondary N) is 1. The first-order valence-electron chi connectivity index (χ1n) is 5.26. The fourth-order valence-corrected chi connectivity index (χ4v) is 2.34. The maximum Gasteiger partial charge on any atom is 0.143 e. The zero-order valence-corrected chi connectivity index (χ0v) is 8.36. The Balaban J connectivity index is 1.76. The number of piperidine rings is 1. The Morgan fingerprint density at radius 2 is 2.14 bits per heavy atom. The van der Waals surface area contributed by atoms with Crippen LogP contribution in [-0.4, -0.2) is 18.4 Å². The molecule has 2 fully saturated rings. The summed E-state index contributed by atoms with van der Waals surface area (Å²) in [4.78, 5) is 0. The summed E-state index contributed by atoms with van der Waals surface area (Å²) in [5.41, 5.74) is 1.43. The summed E-state index contributed by atoms with van der Waals surface area (Å²) in [6.45, 7) is 3.18. The van der Waals surface area contributed by atoms with E-state index in [0.717, 1.165) is 13.0 Å². The third-order valence-corrected chi connectivity index (χ3v) is 3.41. The number of ether oxygens (including phenoxy) is 1. The standard InChI is InChI=1S/C12H15NO/c1-12-11(14-12)7-10(8-13-12)9-5-3-2-4-6-9/h2-6,10-11,13H,7-8H2,1H3. The van der Waals surface area contributed by atoms with Crippen LogP contribution in [0.1, 0.15) is 24.8 Å². The van der Waals surface area contributed by atoms with Crippen LogP contribution in [0.5, 0.6) is 0 Å². The van der Waals surface area contributed by atoms with Crippen LogP contribution in [0.3, 0.4) is 0 Å². The third kappa shape index (κ3) is 1.26. The molecule has 2 saturated heterocycles. The monoisotopic (exact) mass is 189 g/mol. The molecule has 0 aromatic heterocycles. The van der Waals surface area contributed by atoms with E-state index in [1.54, 1.807) is 0 Å². The molecule has 2 aliphatic heterocycles. The van der Waals surface area contributed by atoms with Crippen molar-refractivity contribution in [2.45, 2.75) is 31.1 Å². The highest BCUT2D eigenvalue weighted by atomic mass is 16.6. The molecule has 2 heteroatoms. The summed E-state index contributed by atoms with van der Waals surface area (Å²) in [5, 5.41) is 3.46. The summed E-state index contributed by atoms with van der Waals surface area (Å²) in [6.07, 6.45) is 1.59. The third-order valence-electron chi connectivity index (χ3n) is 3.41. The minimum atomic E-state index is 0.00524. The van der Waals surface area contributed by atoms with Gasteiger partial charge in [-0.25, -0.2) is 0 Å². The van der Waals surface area contributed by atoms with Crippen molar-refractivity contribution in [1.29, 1.82) is 0 Å². The van der Waals surface area contributed by atoms with E-state index in [2.05, 4.69) is 42.6 Å². The van der Waals surface area contributed by atoms with Gasteiger partial charge in [-0.15, -0.1) is 0 Å². The first-order valence-corrected chi connectivity index (χ1v) is 5.26. The molecule has 1 aromatic rings. The molecular weight excluding hydrogens is 174 g/mol. The Kier molecular flexibility index (Phi) is 1.70. The average molecular weight is 189 g/mol. The van der Waals surface area contributed by atoms with Crippen molar-refractivity contribution >= 4 is 0 Å². The van der Waals surface area contributed by atoms with Gasteiger partial charge < -0.3 is 4.74 Å². The van der Waals surface area contributed by atoms with Gasteiger partial charge >= 0.3 is 0 Å². The lowest BCUT2D eigenvalue weighted by atomic mass is 9.89. The van der Waals surface area contributed by atoms with Crippen LogP contribution in [0.4, 0.5) is 0 Å². The van der Waals surface area contributed by atoms with Crippen LogP contribution in [-0.2, 0) is 4.74 Å². The van der Waals surface area contributed by atoms with Crippen LogP contribution >= 0.6 is 0 Å².